The molecule has 2 heterocycles. The number of aromatic nitrogens is 4. The zero-order valence-corrected chi connectivity index (χ0v) is 16.1. The van der Waals surface area contributed by atoms with Crippen molar-refractivity contribution in [3.8, 4) is 11.4 Å². The molecule has 3 aromatic rings. The standard InChI is InChI=1S/C16H13Cl2N5O2S/c1-9(2)22-14(11-6-5-10(17)8-12(11)18)20-21-16(22)26-15-13(23(24)25)4-3-7-19-15/h3-9H,1-2H3. The van der Waals surface area contributed by atoms with E-state index < -0.39 is 4.92 Å². The van der Waals surface area contributed by atoms with E-state index in [4.69, 9.17) is 23.2 Å². The van der Waals surface area contributed by atoms with Crippen molar-refractivity contribution in [2.45, 2.75) is 30.1 Å². The highest BCUT2D eigenvalue weighted by Crippen LogP contribution is 2.37. The van der Waals surface area contributed by atoms with Gasteiger partial charge in [0.15, 0.2) is 16.0 Å². The quantitative estimate of drug-likeness (QED) is 0.420. The van der Waals surface area contributed by atoms with Crippen LogP contribution in [0.1, 0.15) is 19.9 Å². The molecule has 0 aliphatic heterocycles. The number of halogens is 2. The van der Waals surface area contributed by atoms with E-state index in [9.17, 15) is 10.1 Å². The number of nitro groups is 1. The van der Waals surface area contributed by atoms with Crippen LogP contribution < -0.4 is 0 Å². The van der Waals surface area contributed by atoms with Gasteiger partial charge in [-0.3, -0.25) is 14.7 Å². The van der Waals surface area contributed by atoms with Gasteiger partial charge in [-0.05, 0) is 49.9 Å². The van der Waals surface area contributed by atoms with Gasteiger partial charge < -0.3 is 0 Å². The summed E-state index contributed by atoms with van der Waals surface area (Å²) >= 11 is 13.4. The van der Waals surface area contributed by atoms with Gasteiger partial charge in [0.2, 0.25) is 0 Å². The molecule has 0 radical (unpaired) electrons. The van der Waals surface area contributed by atoms with Gasteiger partial charge in [0.25, 0.3) is 0 Å². The second kappa shape index (κ2) is 7.61. The normalized spacial score (nSPS) is 11.1. The van der Waals surface area contributed by atoms with Crippen molar-refractivity contribution in [1.82, 2.24) is 19.7 Å². The summed E-state index contributed by atoms with van der Waals surface area (Å²) in [6, 6.07) is 8.05. The first-order valence-corrected chi connectivity index (χ1v) is 9.13. The smallest absolute Gasteiger partial charge is 0.299 e. The Kier molecular flexibility index (Phi) is 5.45. The van der Waals surface area contributed by atoms with Crippen LogP contribution in [0.15, 0.2) is 46.7 Å². The highest BCUT2D eigenvalue weighted by Gasteiger charge is 2.23. The molecule has 0 unspecified atom stereocenters. The van der Waals surface area contributed by atoms with Gasteiger partial charge in [0, 0.05) is 28.9 Å². The van der Waals surface area contributed by atoms with Crippen LogP contribution in [-0.2, 0) is 0 Å². The number of pyridine rings is 1. The van der Waals surface area contributed by atoms with Gasteiger partial charge in [0.1, 0.15) is 0 Å². The first kappa shape index (κ1) is 18.6. The van der Waals surface area contributed by atoms with Crippen LogP contribution >= 0.6 is 35.0 Å². The Balaban J connectivity index is 2.08. The summed E-state index contributed by atoms with van der Waals surface area (Å²) in [6.07, 6.45) is 1.50. The van der Waals surface area contributed by atoms with Crippen molar-refractivity contribution in [2.75, 3.05) is 0 Å². The number of rotatable bonds is 5. The summed E-state index contributed by atoms with van der Waals surface area (Å²) in [7, 11) is 0. The topological polar surface area (TPSA) is 86.7 Å². The van der Waals surface area contributed by atoms with Gasteiger partial charge in [-0.15, -0.1) is 10.2 Å². The number of nitrogens with zero attached hydrogens (tertiary/aromatic N) is 5. The molecule has 0 fully saturated rings. The number of hydrogen-bond acceptors (Lipinski definition) is 6. The van der Waals surface area contributed by atoms with Crippen LogP contribution in [-0.4, -0.2) is 24.7 Å². The van der Waals surface area contributed by atoms with E-state index in [2.05, 4.69) is 15.2 Å². The van der Waals surface area contributed by atoms with E-state index in [1.165, 1.54) is 18.3 Å². The molecule has 0 saturated heterocycles. The third kappa shape index (κ3) is 3.67. The second-order valence-corrected chi connectivity index (χ2v) is 7.38. The van der Waals surface area contributed by atoms with Crippen LogP contribution in [0.3, 0.4) is 0 Å². The predicted octanol–water partition coefficient (Wildman–Crippen LogP) is 5.29. The fourth-order valence-electron chi connectivity index (χ4n) is 2.35. The molecular formula is C16H13Cl2N5O2S. The summed E-state index contributed by atoms with van der Waals surface area (Å²) in [5.74, 6) is 0.558. The van der Waals surface area contributed by atoms with Crippen molar-refractivity contribution < 1.29 is 4.92 Å². The maximum absolute atomic E-state index is 11.2. The lowest BCUT2D eigenvalue weighted by molar-refractivity contribution is -0.388. The predicted molar refractivity (Wildman–Crippen MR) is 101 cm³/mol. The molecular weight excluding hydrogens is 397 g/mol. The summed E-state index contributed by atoms with van der Waals surface area (Å²) in [5.41, 5.74) is 0.599. The molecule has 26 heavy (non-hydrogen) atoms. The molecule has 10 heteroatoms. The molecule has 0 bridgehead atoms. The monoisotopic (exact) mass is 409 g/mol. The highest BCUT2D eigenvalue weighted by atomic mass is 35.5. The van der Waals surface area contributed by atoms with Crippen molar-refractivity contribution in [1.29, 1.82) is 0 Å². The van der Waals surface area contributed by atoms with Crippen molar-refractivity contribution in [3.05, 3.63) is 56.7 Å². The van der Waals surface area contributed by atoms with Crippen molar-refractivity contribution in [2.24, 2.45) is 0 Å². The maximum Gasteiger partial charge on any atom is 0.301 e. The Morgan fingerprint density at radius 2 is 2.00 bits per heavy atom. The lowest BCUT2D eigenvalue weighted by Crippen LogP contribution is -2.05. The molecule has 134 valence electrons. The highest BCUT2D eigenvalue weighted by molar-refractivity contribution is 7.99. The average molecular weight is 410 g/mol. The molecule has 0 aliphatic carbocycles. The van der Waals surface area contributed by atoms with Crippen LogP contribution in [0.25, 0.3) is 11.4 Å². The molecule has 0 atom stereocenters. The fraction of sp³-hybridized carbons (Fsp3) is 0.188. The average Bonchev–Trinajstić information content (AvgIpc) is 2.98. The van der Waals surface area contributed by atoms with E-state index in [0.29, 0.717) is 26.6 Å². The minimum atomic E-state index is -0.470. The minimum absolute atomic E-state index is 0.00277. The molecule has 0 amide bonds. The summed E-state index contributed by atoms with van der Waals surface area (Å²) in [6.45, 7) is 3.93. The second-order valence-electron chi connectivity index (χ2n) is 5.58. The van der Waals surface area contributed by atoms with Crippen LogP contribution in [0, 0.1) is 10.1 Å². The summed E-state index contributed by atoms with van der Waals surface area (Å²) in [5, 5.41) is 21.4. The molecule has 7 nitrogen and oxygen atoms in total. The minimum Gasteiger partial charge on any atom is -0.299 e. The van der Waals surface area contributed by atoms with Gasteiger partial charge in [-0.2, -0.15) is 0 Å². The van der Waals surface area contributed by atoms with E-state index in [-0.39, 0.29) is 16.8 Å². The Morgan fingerprint density at radius 1 is 1.23 bits per heavy atom. The van der Waals surface area contributed by atoms with Crippen LogP contribution in [0.5, 0.6) is 0 Å². The van der Waals surface area contributed by atoms with E-state index in [1.54, 1.807) is 18.2 Å². The molecule has 3 rings (SSSR count). The fourth-order valence-corrected chi connectivity index (χ4v) is 3.86. The largest absolute Gasteiger partial charge is 0.301 e. The van der Waals surface area contributed by atoms with E-state index in [0.717, 1.165) is 11.8 Å². The van der Waals surface area contributed by atoms with E-state index in [1.807, 2.05) is 18.4 Å². The Bertz CT molecular complexity index is 977. The van der Waals surface area contributed by atoms with Crippen LogP contribution in [0.2, 0.25) is 10.0 Å². The maximum atomic E-state index is 11.2. The number of hydrogen-bond donors (Lipinski definition) is 0. The SMILES string of the molecule is CC(C)n1c(Sc2ncccc2[N+](=O)[O-])nnc1-c1ccc(Cl)cc1Cl. The summed E-state index contributed by atoms with van der Waals surface area (Å²) < 4.78 is 1.86. The summed E-state index contributed by atoms with van der Waals surface area (Å²) in [4.78, 5) is 14.8. The van der Waals surface area contributed by atoms with Crippen molar-refractivity contribution >= 4 is 40.7 Å². The van der Waals surface area contributed by atoms with Gasteiger partial charge in [0.05, 0.1) is 9.95 Å². The molecule has 2 aromatic heterocycles. The zero-order valence-electron chi connectivity index (χ0n) is 13.8. The van der Waals surface area contributed by atoms with Gasteiger partial charge in [-0.25, -0.2) is 4.98 Å². The van der Waals surface area contributed by atoms with Gasteiger partial charge in [-0.1, -0.05) is 23.2 Å². The molecule has 0 N–H and O–H groups in total. The number of benzene rings is 1. The Labute approximate surface area is 163 Å². The molecule has 0 aliphatic rings. The van der Waals surface area contributed by atoms with Crippen molar-refractivity contribution in [3.63, 3.8) is 0 Å². The molecule has 1 aromatic carbocycles. The Hall–Kier alpha value is -2.16. The first-order chi connectivity index (χ1) is 12.4. The Morgan fingerprint density at radius 3 is 2.65 bits per heavy atom. The lowest BCUT2D eigenvalue weighted by Gasteiger charge is -2.14. The van der Waals surface area contributed by atoms with Gasteiger partial charge >= 0.3 is 5.69 Å². The first-order valence-electron chi connectivity index (χ1n) is 7.56. The zero-order chi connectivity index (χ0) is 18.8. The van der Waals surface area contributed by atoms with Crippen LogP contribution in [0.4, 0.5) is 5.69 Å². The van der Waals surface area contributed by atoms with E-state index >= 15 is 0 Å². The molecule has 0 saturated carbocycles. The third-order valence-corrected chi connectivity index (χ3v) is 5.01. The lowest BCUT2D eigenvalue weighted by atomic mass is 10.2. The third-order valence-electron chi connectivity index (χ3n) is 3.49. The molecule has 0 spiro atoms.